The van der Waals surface area contributed by atoms with Gasteiger partial charge in [-0.1, -0.05) is 6.07 Å². The van der Waals surface area contributed by atoms with E-state index in [9.17, 15) is 4.79 Å². The molecule has 0 atom stereocenters. The van der Waals surface area contributed by atoms with Crippen LogP contribution in [0.4, 0.5) is 5.69 Å². The van der Waals surface area contributed by atoms with Gasteiger partial charge in [-0.25, -0.2) is 4.79 Å². The van der Waals surface area contributed by atoms with Crippen molar-refractivity contribution in [3.63, 3.8) is 0 Å². The standard InChI is InChI=1S/C17H15NO4/c1-20-14-6-4-10(8-16(14)21-2)13-7-11-3-5-12(18)9-15(11)22-17(13)19/h3-9H,18H2,1-2H3. The number of nitrogens with two attached hydrogens (primary N) is 1. The van der Waals surface area contributed by atoms with Gasteiger partial charge in [0, 0.05) is 17.1 Å². The minimum atomic E-state index is -0.426. The molecule has 0 saturated heterocycles. The molecule has 1 heterocycles. The van der Waals surface area contributed by atoms with Gasteiger partial charge in [-0.05, 0) is 35.9 Å². The lowest BCUT2D eigenvalue weighted by Gasteiger charge is -2.09. The van der Waals surface area contributed by atoms with Crippen LogP contribution in [0.25, 0.3) is 22.1 Å². The molecule has 0 radical (unpaired) electrons. The number of hydrogen-bond donors (Lipinski definition) is 1. The van der Waals surface area contributed by atoms with Gasteiger partial charge in [0.25, 0.3) is 0 Å². The number of benzene rings is 2. The summed E-state index contributed by atoms with van der Waals surface area (Å²) in [6, 6.07) is 12.3. The van der Waals surface area contributed by atoms with Crippen molar-refractivity contribution in [1.29, 1.82) is 0 Å². The number of fused-ring (bicyclic) bond motifs is 1. The van der Waals surface area contributed by atoms with Crippen LogP contribution >= 0.6 is 0 Å². The molecule has 0 bridgehead atoms. The SMILES string of the molecule is COc1ccc(-c2cc3ccc(N)cc3oc2=O)cc1OC. The van der Waals surface area contributed by atoms with Crippen molar-refractivity contribution in [3.8, 4) is 22.6 Å². The molecule has 2 aromatic carbocycles. The van der Waals surface area contributed by atoms with Crippen molar-refractivity contribution < 1.29 is 13.9 Å². The van der Waals surface area contributed by atoms with Crippen molar-refractivity contribution in [2.45, 2.75) is 0 Å². The number of methoxy groups -OCH3 is 2. The minimum Gasteiger partial charge on any atom is -0.493 e. The molecule has 0 aliphatic heterocycles. The van der Waals surface area contributed by atoms with Crippen LogP contribution < -0.4 is 20.8 Å². The predicted octanol–water partition coefficient (Wildman–Crippen LogP) is 3.06. The number of anilines is 1. The lowest BCUT2D eigenvalue weighted by atomic mass is 10.1. The number of nitrogen functional groups attached to an aromatic ring is 1. The molecule has 112 valence electrons. The van der Waals surface area contributed by atoms with Gasteiger partial charge in [-0.2, -0.15) is 0 Å². The molecule has 3 aromatic rings. The number of ether oxygens (including phenoxy) is 2. The summed E-state index contributed by atoms with van der Waals surface area (Å²) in [7, 11) is 3.11. The van der Waals surface area contributed by atoms with Crippen LogP contribution in [-0.4, -0.2) is 14.2 Å². The van der Waals surface area contributed by atoms with Crippen LogP contribution in [0.2, 0.25) is 0 Å². The van der Waals surface area contributed by atoms with E-state index in [0.717, 1.165) is 5.39 Å². The van der Waals surface area contributed by atoms with E-state index in [-0.39, 0.29) is 0 Å². The highest BCUT2D eigenvalue weighted by Gasteiger charge is 2.11. The Bertz CT molecular complexity index is 899. The fourth-order valence-electron chi connectivity index (χ4n) is 2.33. The van der Waals surface area contributed by atoms with Crippen LogP contribution in [0.15, 0.2) is 51.7 Å². The van der Waals surface area contributed by atoms with Gasteiger partial charge in [-0.15, -0.1) is 0 Å². The highest BCUT2D eigenvalue weighted by atomic mass is 16.5. The second kappa shape index (κ2) is 5.44. The summed E-state index contributed by atoms with van der Waals surface area (Å²) >= 11 is 0. The predicted molar refractivity (Wildman–Crippen MR) is 85.4 cm³/mol. The Hall–Kier alpha value is -2.95. The summed E-state index contributed by atoms with van der Waals surface area (Å²) in [5.74, 6) is 1.15. The van der Waals surface area contributed by atoms with E-state index in [4.69, 9.17) is 19.6 Å². The summed E-state index contributed by atoms with van der Waals surface area (Å²) < 4.78 is 15.8. The van der Waals surface area contributed by atoms with Crippen molar-refractivity contribution in [3.05, 3.63) is 52.9 Å². The first-order valence-electron chi connectivity index (χ1n) is 6.68. The first-order valence-corrected chi connectivity index (χ1v) is 6.68. The Morgan fingerprint density at radius 3 is 2.45 bits per heavy atom. The maximum absolute atomic E-state index is 12.2. The quantitative estimate of drug-likeness (QED) is 0.594. The van der Waals surface area contributed by atoms with Crippen LogP contribution in [-0.2, 0) is 0 Å². The van der Waals surface area contributed by atoms with Crippen LogP contribution in [0.3, 0.4) is 0 Å². The zero-order valence-corrected chi connectivity index (χ0v) is 12.3. The molecule has 0 fully saturated rings. The fourth-order valence-corrected chi connectivity index (χ4v) is 2.33. The maximum Gasteiger partial charge on any atom is 0.344 e. The average Bonchev–Trinajstić information content (AvgIpc) is 2.53. The molecular weight excluding hydrogens is 282 g/mol. The van der Waals surface area contributed by atoms with E-state index in [1.807, 2.05) is 6.07 Å². The third-order valence-corrected chi connectivity index (χ3v) is 3.45. The smallest absolute Gasteiger partial charge is 0.344 e. The van der Waals surface area contributed by atoms with Crippen LogP contribution in [0, 0.1) is 0 Å². The normalized spacial score (nSPS) is 10.6. The molecule has 5 heteroatoms. The van der Waals surface area contributed by atoms with Gasteiger partial charge < -0.3 is 19.6 Å². The summed E-state index contributed by atoms with van der Waals surface area (Å²) in [5.41, 5.74) is 7.45. The van der Waals surface area contributed by atoms with Gasteiger partial charge in [0.05, 0.1) is 19.8 Å². The molecule has 5 nitrogen and oxygen atoms in total. The van der Waals surface area contributed by atoms with Gasteiger partial charge in [0.2, 0.25) is 0 Å². The summed E-state index contributed by atoms with van der Waals surface area (Å²) in [4.78, 5) is 12.2. The Morgan fingerprint density at radius 1 is 0.955 bits per heavy atom. The minimum absolute atomic E-state index is 0.426. The second-order valence-corrected chi connectivity index (χ2v) is 4.81. The third kappa shape index (κ3) is 2.37. The average molecular weight is 297 g/mol. The maximum atomic E-state index is 12.2. The lowest BCUT2D eigenvalue weighted by Crippen LogP contribution is -2.03. The first kappa shape index (κ1) is 14.0. The molecule has 0 amide bonds. The highest BCUT2D eigenvalue weighted by Crippen LogP contribution is 2.32. The zero-order chi connectivity index (χ0) is 15.7. The Kier molecular flexibility index (Phi) is 3.47. The van der Waals surface area contributed by atoms with Crippen molar-refractivity contribution in [2.24, 2.45) is 0 Å². The fraction of sp³-hybridized carbons (Fsp3) is 0.118. The molecule has 2 N–H and O–H groups in total. The zero-order valence-electron chi connectivity index (χ0n) is 12.3. The molecule has 1 aromatic heterocycles. The van der Waals surface area contributed by atoms with Gasteiger partial charge in [0.1, 0.15) is 5.58 Å². The van der Waals surface area contributed by atoms with E-state index in [2.05, 4.69) is 0 Å². The summed E-state index contributed by atoms with van der Waals surface area (Å²) in [6.07, 6.45) is 0. The highest BCUT2D eigenvalue weighted by molar-refractivity contribution is 5.84. The van der Waals surface area contributed by atoms with Crippen LogP contribution in [0.5, 0.6) is 11.5 Å². The largest absolute Gasteiger partial charge is 0.493 e. The number of hydrogen-bond acceptors (Lipinski definition) is 5. The summed E-state index contributed by atoms with van der Waals surface area (Å²) in [5, 5.41) is 0.804. The molecule has 0 spiro atoms. The monoisotopic (exact) mass is 297 g/mol. The van der Waals surface area contributed by atoms with E-state index >= 15 is 0 Å². The van der Waals surface area contributed by atoms with Gasteiger partial charge in [0.15, 0.2) is 11.5 Å². The summed E-state index contributed by atoms with van der Waals surface area (Å²) in [6.45, 7) is 0. The molecular formula is C17H15NO4. The molecule has 0 unspecified atom stereocenters. The Labute approximate surface area is 126 Å². The molecule has 0 aliphatic rings. The lowest BCUT2D eigenvalue weighted by molar-refractivity contribution is 0.355. The van der Waals surface area contributed by atoms with Crippen molar-refractivity contribution >= 4 is 16.7 Å². The van der Waals surface area contributed by atoms with E-state index in [0.29, 0.717) is 33.9 Å². The first-order chi connectivity index (χ1) is 10.6. The topological polar surface area (TPSA) is 74.7 Å². The van der Waals surface area contributed by atoms with Gasteiger partial charge >= 0.3 is 5.63 Å². The van der Waals surface area contributed by atoms with E-state index in [1.54, 1.807) is 50.6 Å². The van der Waals surface area contributed by atoms with Crippen LogP contribution in [0.1, 0.15) is 0 Å². The molecule has 0 saturated carbocycles. The van der Waals surface area contributed by atoms with Crippen molar-refractivity contribution in [1.82, 2.24) is 0 Å². The molecule has 3 rings (SSSR count). The second-order valence-electron chi connectivity index (χ2n) is 4.81. The Morgan fingerprint density at radius 2 is 1.73 bits per heavy atom. The molecule has 22 heavy (non-hydrogen) atoms. The van der Waals surface area contributed by atoms with Gasteiger partial charge in [-0.3, -0.25) is 0 Å². The molecule has 0 aliphatic carbocycles. The third-order valence-electron chi connectivity index (χ3n) is 3.45. The Balaban J connectivity index is 2.19. The van der Waals surface area contributed by atoms with E-state index in [1.165, 1.54) is 0 Å². The van der Waals surface area contributed by atoms with Crippen molar-refractivity contribution in [2.75, 3.05) is 20.0 Å². The van der Waals surface area contributed by atoms with E-state index < -0.39 is 5.63 Å². The number of rotatable bonds is 3.